The molecular weight excluding hydrogens is 444 g/mol. The number of amides is 2. The van der Waals surface area contributed by atoms with Crippen LogP contribution in [0.2, 0.25) is 0 Å². The van der Waals surface area contributed by atoms with Gasteiger partial charge in [0.05, 0.1) is 10.6 Å². The lowest BCUT2D eigenvalue weighted by Gasteiger charge is -2.21. The van der Waals surface area contributed by atoms with Gasteiger partial charge in [0.15, 0.2) is 11.0 Å². The maximum Gasteiger partial charge on any atom is 0.269 e. The highest BCUT2D eigenvalue weighted by atomic mass is 32.2. The molecule has 0 aliphatic heterocycles. The molecule has 1 fully saturated rings. The Kier molecular flexibility index (Phi) is 7.11. The monoisotopic (exact) mass is 470 g/mol. The first kappa shape index (κ1) is 22.3. The maximum atomic E-state index is 12.4. The zero-order valence-electron chi connectivity index (χ0n) is 18.1. The van der Waals surface area contributed by atoms with Crippen LogP contribution in [-0.4, -0.2) is 45.4 Å². The van der Waals surface area contributed by atoms with Crippen molar-refractivity contribution in [2.45, 2.75) is 37.9 Å². The molecule has 1 aliphatic carbocycles. The zero-order chi connectivity index (χ0) is 22.5. The highest BCUT2D eigenvalue weighted by molar-refractivity contribution is 7.99. The van der Waals surface area contributed by atoms with Crippen LogP contribution in [0.25, 0.3) is 10.7 Å². The van der Waals surface area contributed by atoms with Crippen molar-refractivity contribution >= 4 is 40.6 Å². The SMILES string of the molecule is CCN(CC)c1ccc(C(=O)NNC(=O)CSc2nnc(-c3cccs3)n2C2CC2)cc1. The summed E-state index contributed by atoms with van der Waals surface area (Å²) in [7, 11) is 0. The van der Waals surface area contributed by atoms with Gasteiger partial charge < -0.3 is 4.90 Å². The lowest BCUT2D eigenvalue weighted by atomic mass is 10.2. The Hall–Kier alpha value is -2.85. The maximum absolute atomic E-state index is 12.4. The lowest BCUT2D eigenvalue weighted by molar-refractivity contribution is -0.119. The molecule has 3 aromatic rings. The Morgan fingerprint density at radius 3 is 2.50 bits per heavy atom. The van der Waals surface area contributed by atoms with E-state index in [0.717, 1.165) is 47.5 Å². The fourth-order valence-corrected chi connectivity index (χ4v) is 4.90. The Balaban J connectivity index is 1.30. The van der Waals surface area contributed by atoms with Crippen molar-refractivity contribution in [3.63, 3.8) is 0 Å². The molecule has 2 N–H and O–H groups in total. The first-order valence-electron chi connectivity index (χ1n) is 10.7. The standard InChI is InChI=1S/C22H26N6O2S2/c1-3-27(4-2)16-9-7-15(8-10-16)21(30)25-23-19(29)14-32-22-26-24-20(18-6-5-13-31-18)28(22)17-11-12-17/h5-10,13,17H,3-4,11-12,14H2,1-2H3,(H,23,29)(H,25,30). The molecule has 0 spiro atoms. The number of carbonyl (C=O) groups excluding carboxylic acids is 2. The average molecular weight is 471 g/mol. The number of anilines is 1. The van der Waals surface area contributed by atoms with Gasteiger partial charge in [-0.05, 0) is 62.4 Å². The molecule has 2 heterocycles. The molecule has 4 rings (SSSR count). The summed E-state index contributed by atoms with van der Waals surface area (Å²) in [4.78, 5) is 27.9. The summed E-state index contributed by atoms with van der Waals surface area (Å²) < 4.78 is 2.12. The molecule has 32 heavy (non-hydrogen) atoms. The Morgan fingerprint density at radius 2 is 1.88 bits per heavy atom. The van der Waals surface area contributed by atoms with Crippen molar-refractivity contribution in [2.24, 2.45) is 0 Å². The number of hydrogen-bond donors (Lipinski definition) is 2. The number of thiophene rings is 1. The highest BCUT2D eigenvalue weighted by Crippen LogP contribution is 2.41. The molecule has 2 amide bonds. The fourth-order valence-electron chi connectivity index (χ4n) is 3.39. The first-order valence-corrected chi connectivity index (χ1v) is 12.5. The second-order valence-corrected chi connectivity index (χ2v) is 9.28. The quantitative estimate of drug-likeness (QED) is 0.366. The summed E-state index contributed by atoms with van der Waals surface area (Å²) in [5.74, 6) is 0.338. The number of hydrazine groups is 1. The van der Waals surface area contributed by atoms with E-state index in [1.165, 1.54) is 11.8 Å². The van der Waals surface area contributed by atoms with Crippen LogP contribution in [0.3, 0.4) is 0 Å². The fraction of sp³-hybridized carbons (Fsp3) is 0.364. The van der Waals surface area contributed by atoms with E-state index in [0.29, 0.717) is 11.6 Å². The summed E-state index contributed by atoms with van der Waals surface area (Å²) >= 11 is 2.95. The van der Waals surface area contributed by atoms with Crippen molar-refractivity contribution < 1.29 is 9.59 Å². The van der Waals surface area contributed by atoms with Crippen LogP contribution in [0.1, 0.15) is 43.1 Å². The second-order valence-electron chi connectivity index (χ2n) is 7.39. The number of rotatable bonds is 9. The van der Waals surface area contributed by atoms with E-state index < -0.39 is 0 Å². The first-order chi connectivity index (χ1) is 15.6. The molecule has 168 valence electrons. The van der Waals surface area contributed by atoms with E-state index in [1.54, 1.807) is 23.5 Å². The van der Waals surface area contributed by atoms with Gasteiger partial charge in [0.2, 0.25) is 5.91 Å². The molecule has 0 radical (unpaired) electrons. The van der Waals surface area contributed by atoms with Gasteiger partial charge >= 0.3 is 0 Å². The molecule has 0 saturated heterocycles. The number of hydrogen-bond acceptors (Lipinski definition) is 7. The van der Waals surface area contributed by atoms with Crippen molar-refractivity contribution in [1.29, 1.82) is 0 Å². The summed E-state index contributed by atoms with van der Waals surface area (Å²) in [6.45, 7) is 5.99. The van der Waals surface area contributed by atoms with Crippen LogP contribution in [0.15, 0.2) is 46.9 Å². The summed E-state index contributed by atoms with van der Waals surface area (Å²) in [5, 5.41) is 11.4. The topological polar surface area (TPSA) is 92.2 Å². The van der Waals surface area contributed by atoms with Crippen molar-refractivity contribution in [1.82, 2.24) is 25.6 Å². The molecule has 10 heteroatoms. The van der Waals surface area contributed by atoms with Crippen LogP contribution in [0.4, 0.5) is 5.69 Å². The van der Waals surface area contributed by atoms with Gasteiger partial charge in [-0.3, -0.25) is 25.0 Å². The van der Waals surface area contributed by atoms with Crippen molar-refractivity contribution in [3.05, 3.63) is 47.3 Å². The van der Waals surface area contributed by atoms with Crippen LogP contribution >= 0.6 is 23.1 Å². The van der Waals surface area contributed by atoms with Crippen LogP contribution in [0.5, 0.6) is 0 Å². The minimum absolute atomic E-state index is 0.135. The van der Waals surface area contributed by atoms with Crippen LogP contribution in [-0.2, 0) is 4.79 Å². The van der Waals surface area contributed by atoms with Gasteiger partial charge in [-0.1, -0.05) is 17.8 Å². The molecule has 0 atom stereocenters. The van der Waals surface area contributed by atoms with Crippen LogP contribution in [0, 0.1) is 0 Å². The van der Waals surface area contributed by atoms with Crippen molar-refractivity contribution in [2.75, 3.05) is 23.7 Å². The number of nitrogens with one attached hydrogen (secondary N) is 2. The molecule has 0 bridgehead atoms. The van der Waals surface area contributed by atoms with Gasteiger partial charge in [-0.25, -0.2) is 0 Å². The Morgan fingerprint density at radius 1 is 1.12 bits per heavy atom. The summed E-state index contributed by atoms with van der Waals surface area (Å²) in [6, 6.07) is 11.8. The summed E-state index contributed by atoms with van der Waals surface area (Å²) in [5.41, 5.74) is 6.52. The van der Waals surface area contributed by atoms with E-state index in [4.69, 9.17) is 0 Å². The number of carbonyl (C=O) groups is 2. The predicted octanol–water partition coefficient (Wildman–Crippen LogP) is 3.74. The number of nitrogens with zero attached hydrogens (tertiary/aromatic N) is 4. The number of benzene rings is 1. The third kappa shape index (κ3) is 5.13. The van der Waals surface area contributed by atoms with Gasteiger partial charge in [0.25, 0.3) is 5.91 Å². The predicted molar refractivity (Wildman–Crippen MR) is 128 cm³/mol. The third-order valence-corrected chi connectivity index (χ3v) is 7.03. The van der Waals surface area contributed by atoms with Gasteiger partial charge in [-0.2, -0.15) is 0 Å². The molecule has 1 aromatic carbocycles. The minimum atomic E-state index is -0.351. The highest BCUT2D eigenvalue weighted by Gasteiger charge is 2.30. The summed E-state index contributed by atoms with van der Waals surface area (Å²) in [6.07, 6.45) is 2.19. The molecule has 0 unspecified atom stereocenters. The van der Waals surface area contributed by atoms with E-state index in [9.17, 15) is 9.59 Å². The van der Waals surface area contributed by atoms with E-state index >= 15 is 0 Å². The minimum Gasteiger partial charge on any atom is -0.372 e. The van der Waals surface area contributed by atoms with Gasteiger partial charge in [-0.15, -0.1) is 21.5 Å². The van der Waals surface area contributed by atoms with E-state index in [-0.39, 0.29) is 17.6 Å². The molecular formula is C22H26N6O2S2. The third-order valence-electron chi connectivity index (χ3n) is 5.22. The molecule has 1 saturated carbocycles. The Labute approximate surface area is 195 Å². The van der Waals surface area contributed by atoms with Gasteiger partial charge in [0.1, 0.15) is 0 Å². The normalized spacial score (nSPS) is 13.1. The average Bonchev–Trinajstić information content (AvgIpc) is 3.33. The molecule has 8 nitrogen and oxygen atoms in total. The van der Waals surface area contributed by atoms with E-state index in [2.05, 4.69) is 44.4 Å². The van der Waals surface area contributed by atoms with Crippen molar-refractivity contribution in [3.8, 4) is 10.7 Å². The van der Waals surface area contributed by atoms with Gasteiger partial charge in [0, 0.05) is 30.4 Å². The number of thioether (sulfide) groups is 1. The lowest BCUT2D eigenvalue weighted by Crippen LogP contribution is -2.42. The largest absolute Gasteiger partial charge is 0.372 e. The zero-order valence-corrected chi connectivity index (χ0v) is 19.7. The van der Waals surface area contributed by atoms with E-state index in [1.807, 2.05) is 29.6 Å². The second kappa shape index (κ2) is 10.2. The molecule has 2 aromatic heterocycles. The smallest absolute Gasteiger partial charge is 0.269 e. The van der Waals surface area contributed by atoms with Crippen LogP contribution < -0.4 is 15.8 Å². The number of aromatic nitrogens is 3. The molecule has 1 aliphatic rings. The Bertz CT molecular complexity index is 1060.